The molecule has 3 N–H and O–H groups in total. The molecule has 6 heterocycles. The number of imide groups is 3. The lowest BCUT2D eigenvalue weighted by Crippen LogP contribution is -2.38. The lowest BCUT2D eigenvalue weighted by Gasteiger charge is -2.26. The first-order valence-corrected chi connectivity index (χ1v) is 39.6. The zero-order chi connectivity index (χ0) is 77.7. The van der Waals surface area contributed by atoms with Gasteiger partial charge in [0, 0.05) is 38.0 Å². The Morgan fingerprint density at radius 2 is 0.619 bits per heavy atom. The van der Waals surface area contributed by atoms with E-state index in [-0.39, 0.29) is 160 Å². The maximum atomic E-state index is 13.5. The number of carbonyl (C=O) groups is 9. The fourth-order valence-corrected chi connectivity index (χ4v) is 14.3. The van der Waals surface area contributed by atoms with Crippen molar-refractivity contribution in [1.29, 1.82) is 0 Å². The number of nitrogens with one attached hydrogen (secondary N) is 3. The molecule has 30 nitrogen and oxygen atoms in total. The fourth-order valence-electron chi connectivity index (χ4n) is 11.6. The third-order valence-electron chi connectivity index (χ3n) is 15.8. The van der Waals surface area contributed by atoms with Crippen molar-refractivity contribution >= 4 is 99.7 Å². The maximum Gasteiger partial charge on any atom is 0.264 e. The second-order valence-electron chi connectivity index (χ2n) is 25.9. The third kappa shape index (κ3) is 20.3. The Kier molecular flexibility index (Phi) is 27.2. The Balaban J connectivity index is 0.000000220. The molecule has 9 rings (SSSR count). The van der Waals surface area contributed by atoms with Crippen molar-refractivity contribution in [3.63, 3.8) is 0 Å². The van der Waals surface area contributed by atoms with Gasteiger partial charge in [0.2, 0.25) is 17.7 Å². The number of nitrogens with zero attached hydrogens (tertiary/aromatic N) is 6. The summed E-state index contributed by atoms with van der Waals surface area (Å²) in [5.41, 5.74) is 1.35. The second kappa shape index (κ2) is 34.9. The Morgan fingerprint density at radius 1 is 0.381 bits per heavy atom. The van der Waals surface area contributed by atoms with Gasteiger partial charge in [-0.25, -0.2) is 40.2 Å². The number of methoxy groups -OCH3 is 3. The van der Waals surface area contributed by atoms with Crippen molar-refractivity contribution < 1.29 is 96.8 Å². The molecule has 6 aromatic rings. The van der Waals surface area contributed by atoms with Crippen LogP contribution in [0.4, 0.5) is 17.1 Å². The second-order valence-corrected chi connectivity index (χ2v) is 32.5. The molecule has 0 aliphatic carbocycles. The van der Waals surface area contributed by atoms with Crippen LogP contribution in [0.25, 0.3) is 0 Å². The number of ether oxygens (including phenoxy) is 6. The Bertz CT molecular complexity index is 4240. The molecule has 3 aliphatic heterocycles. The number of fused-ring (bicyclic) bond motifs is 3. The van der Waals surface area contributed by atoms with Crippen LogP contribution in [0.15, 0.2) is 91.0 Å². The first-order valence-electron chi connectivity index (χ1n) is 33.4. The summed E-state index contributed by atoms with van der Waals surface area (Å²) in [6.07, 6.45) is 3.76. The van der Waals surface area contributed by atoms with Crippen molar-refractivity contribution in [1.82, 2.24) is 29.7 Å². The van der Waals surface area contributed by atoms with Gasteiger partial charge in [-0.3, -0.25) is 57.9 Å². The van der Waals surface area contributed by atoms with E-state index in [0.717, 1.165) is 33.5 Å². The van der Waals surface area contributed by atoms with Crippen LogP contribution >= 0.6 is 0 Å². The van der Waals surface area contributed by atoms with Crippen molar-refractivity contribution in [3.05, 3.63) is 141 Å². The highest BCUT2D eigenvalue weighted by Crippen LogP contribution is 2.41. The van der Waals surface area contributed by atoms with Gasteiger partial charge in [0.1, 0.15) is 29.5 Å². The predicted molar refractivity (Wildman–Crippen MR) is 388 cm³/mol. The summed E-state index contributed by atoms with van der Waals surface area (Å²) < 4.78 is 106. The quantitative estimate of drug-likeness (QED) is 0.0355. The van der Waals surface area contributed by atoms with E-state index in [1.54, 1.807) is 57.2 Å². The molecule has 564 valence electrons. The molecule has 3 atom stereocenters. The van der Waals surface area contributed by atoms with E-state index in [1.807, 2.05) is 41.5 Å². The van der Waals surface area contributed by atoms with Crippen LogP contribution in [0, 0.1) is 17.8 Å². The standard InChI is InChI=1S/3C24H29N3O7S/c3*1-6-34-22-19(33-4)11-10-16(26-22)18(13-35(5,31)32)27-23(29)15-8-7-9-17(21(15)24(27)30)25-20(28)12-14(2)3/h3*7-11,14,18H,6,12-13H2,1-5H3,(H,25,28)/t2*18-;/m10./s1. The highest BCUT2D eigenvalue weighted by Gasteiger charge is 2.47. The van der Waals surface area contributed by atoms with E-state index in [2.05, 4.69) is 30.9 Å². The topological polar surface area (TPSA) is 396 Å². The minimum absolute atomic E-state index is 0.0200. The van der Waals surface area contributed by atoms with Gasteiger partial charge in [0.05, 0.1) is 144 Å². The molecule has 0 spiro atoms. The van der Waals surface area contributed by atoms with Gasteiger partial charge in [0.15, 0.2) is 17.2 Å². The van der Waals surface area contributed by atoms with Crippen molar-refractivity contribution in [2.75, 3.05) is 93.1 Å². The maximum absolute atomic E-state index is 13.5. The van der Waals surface area contributed by atoms with Crippen molar-refractivity contribution in [3.8, 4) is 34.9 Å². The highest BCUT2D eigenvalue weighted by atomic mass is 32.2. The number of hydrogen-bond donors (Lipinski definition) is 3. The molecule has 0 bridgehead atoms. The molecule has 3 aliphatic rings. The van der Waals surface area contributed by atoms with Gasteiger partial charge in [-0.15, -0.1) is 0 Å². The van der Waals surface area contributed by atoms with E-state index in [0.29, 0.717) is 17.2 Å². The van der Waals surface area contributed by atoms with E-state index >= 15 is 0 Å². The molecule has 33 heteroatoms. The predicted octanol–water partition coefficient (Wildman–Crippen LogP) is 8.57. The van der Waals surface area contributed by atoms with Crippen LogP contribution in [0.3, 0.4) is 0 Å². The van der Waals surface area contributed by atoms with E-state index in [4.69, 9.17) is 28.4 Å². The molecular weight excluding hydrogens is 1420 g/mol. The number of amides is 9. The molecule has 3 aromatic carbocycles. The van der Waals surface area contributed by atoms with Crippen molar-refractivity contribution in [2.24, 2.45) is 17.8 Å². The Hall–Kier alpha value is -10.4. The van der Waals surface area contributed by atoms with Crippen LogP contribution < -0.4 is 44.4 Å². The number of rotatable bonds is 30. The molecule has 0 saturated heterocycles. The van der Waals surface area contributed by atoms with Crippen LogP contribution in [0.5, 0.6) is 34.9 Å². The van der Waals surface area contributed by atoms with Gasteiger partial charge in [-0.05, 0) is 111 Å². The zero-order valence-electron chi connectivity index (χ0n) is 61.0. The monoisotopic (exact) mass is 1510 g/mol. The molecule has 0 radical (unpaired) electrons. The normalized spacial score (nSPS) is 14.2. The summed E-state index contributed by atoms with van der Waals surface area (Å²) in [5, 5.41) is 8.11. The smallest absolute Gasteiger partial charge is 0.264 e. The number of pyridine rings is 3. The average Bonchev–Trinajstić information content (AvgIpc) is 1.62. The molecule has 105 heavy (non-hydrogen) atoms. The molecule has 9 amide bonds. The number of sulfone groups is 3. The number of aromatic nitrogens is 3. The average molecular weight is 1510 g/mol. The van der Waals surface area contributed by atoms with Crippen LogP contribution in [-0.4, -0.2) is 185 Å². The molecule has 0 fully saturated rings. The van der Waals surface area contributed by atoms with Crippen LogP contribution in [-0.2, 0) is 43.9 Å². The van der Waals surface area contributed by atoms with Gasteiger partial charge < -0.3 is 44.4 Å². The summed E-state index contributed by atoms with van der Waals surface area (Å²) in [6, 6.07) is 19.1. The number of benzene rings is 3. The molecule has 1 unspecified atom stereocenters. The Labute approximate surface area is 610 Å². The lowest BCUT2D eigenvalue weighted by atomic mass is 10.1. The Morgan fingerprint density at radius 3 is 0.819 bits per heavy atom. The van der Waals surface area contributed by atoms with E-state index < -0.39 is 100 Å². The van der Waals surface area contributed by atoms with Crippen LogP contribution in [0.1, 0.15) is 179 Å². The van der Waals surface area contributed by atoms with Gasteiger partial charge in [-0.1, -0.05) is 59.7 Å². The third-order valence-corrected chi connectivity index (χ3v) is 18.6. The summed E-state index contributed by atoms with van der Waals surface area (Å²) in [4.78, 5) is 134. The largest absolute Gasteiger partial charge is 0.491 e. The van der Waals surface area contributed by atoms with Crippen LogP contribution in [0.2, 0.25) is 0 Å². The minimum Gasteiger partial charge on any atom is -0.491 e. The molecule has 0 saturated carbocycles. The lowest BCUT2D eigenvalue weighted by molar-refractivity contribution is -0.117. The summed E-state index contributed by atoms with van der Waals surface area (Å²) in [6.45, 7) is 17.4. The SMILES string of the molecule is CCOc1nc(C(CS(C)(=O)=O)N2C(=O)c3cccc(NC(=O)CC(C)C)c3C2=O)ccc1OC.CCOc1nc([C@@H](CS(C)(=O)=O)N2C(=O)c3cccc(NC(=O)CC(C)C)c3C2=O)ccc1OC.CCOc1nc([C@H](CS(C)(=O)=O)N2C(=O)c3cccc(NC(=O)CC(C)C)c3C2=O)ccc1OC. The highest BCUT2D eigenvalue weighted by molar-refractivity contribution is 7.91. The van der Waals surface area contributed by atoms with E-state index in [1.165, 1.54) is 75.9 Å². The first-order chi connectivity index (χ1) is 49.4. The summed E-state index contributed by atoms with van der Waals surface area (Å²) in [5.74, 6) is -5.05. The molecule has 3 aromatic heterocycles. The number of hydrogen-bond acceptors (Lipinski definition) is 24. The van der Waals surface area contributed by atoms with Gasteiger partial charge >= 0.3 is 0 Å². The molecular formula is C72H87N9O21S3. The first kappa shape index (κ1) is 81.9. The minimum atomic E-state index is -3.65. The van der Waals surface area contributed by atoms with Gasteiger partial charge in [-0.2, -0.15) is 0 Å². The fraction of sp³-hybridized carbons (Fsp3) is 0.417. The summed E-state index contributed by atoms with van der Waals surface area (Å²) >= 11 is 0. The van der Waals surface area contributed by atoms with Gasteiger partial charge in [0.25, 0.3) is 53.1 Å². The zero-order valence-corrected chi connectivity index (χ0v) is 63.4. The number of carbonyl (C=O) groups excluding carboxylic acids is 9. The van der Waals surface area contributed by atoms with E-state index in [9.17, 15) is 68.4 Å². The summed E-state index contributed by atoms with van der Waals surface area (Å²) in [7, 11) is -6.65. The number of anilines is 3. The van der Waals surface area contributed by atoms with Crippen molar-refractivity contribution in [2.45, 2.75) is 99.7 Å².